The summed E-state index contributed by atoms with van der Waals surface area (Å²) in [6, 6.07) is 23.9. The third kappa shape index (κ3) is 6.93. The van der Waals surface area contributed by atoms with Crippen LogP contribution in [0.2, 0.25) is 0 Å². The molecule has 5 N–H and O–H groups in total. The third-order valence-electron chi connectivity index (χ3n) is 5.55. The smallest absolute Gasteiger partial charge is 0.246 e. The quantitative estimate of drug-likeness (QED) is 0.372. The Hall–Kier alpha value is -4.13. The third-order valence-corrected chi connectivity index (χ3v) is 5.55. The first-order valence-corrected chi connectivity index (χ1v) is 11.0. The number of rotatable bonds is 10. The van der Waals surface area contributed by atoms with Crippen LogP contribution in [0.5, 0.6) is 5.75 Å². The average Bonchev–Trinajstić information content (AvgIpc) is 2.81. The van der Waals surface area contributed by atoms with E-state index < -0.39 is 23.4 Å². The minimum atomic E-state index is -1.33. The number of primary amides is 1. The number of nitrogens with two attached hydrogens (primary N) is 1. The van der Waals surface area contributed by atoms with Crippen LogP contribution in [0.1, 0.15) is 23.6 Å². The molecular weight excluding hydrogens is 430 g/mol. The minimum absolute atomic E-state index is 0.0290. The summed E-state index contributed by atoms with van der Waals surface area (Å²) in [7, 11) is 0. The molecule has 34 heavy (non-hydrogen) atoms. The molecule has 0 aromatic heterocycles. The SMILES string of the molecule is C[C@@](Cc1ccccc1)(NC(=O)Cc1ccc(O)cc1)C(=O)NC(Cc1ccccc1)C(N)=O. The Bertz CT molecular complexity index is 1120. The van der Waals surface area contributed by atoms with Crippen LogP contribution in [-0.4, -0.2) is 34.4 Å². The van der Waals surface area contributed by atoms with Gasteiger partial charge in [-0.3, -0.25) is 14.4 Å². The van der Waals surface area contributed by atoms with Crippen LogP contribution in [0.15, 0.2) is 84.9 Å². The van der Waals surface area contributed by atoms with Crippen molar-refractivity contribution in [3.8, 4) is 5.75 Å². The highest BCUT2D eigenvalue weighted by atomic mass is 16.3. The van der Waals surface area contributed by atoms with Gasteiger partial charge in [0.1, 0.15) is 17.3 Å². The molecule has 0 heterocycles. The van der Waals surface area contributed by atoms with Gasteiger partial charge in [-0.1, -0.05) is 72.8 Å². The summed E-state index contributed by atoms with van der Waals surface area (Å²) in [5, 5.41) is 15.0. The van der Waals surface area contributed by atoms with E-state index in [4.69, 9.17) is 5.73 Å². The maximum atomic E-state index is 13.4. The van der Waals surface area contributed by atoms with Gasteiger partial charge in [0, 0.05) is 12.8 Å². The van der Waals surface area contributed by atoms with E-state index in [1.54, 1.807) is 19.1 Å². The zero-order valence-corrected chi connectivity index (χ0v) is 19.0. The van der Waals surface area contributed by atoms with Crippen molar-refractivity contribution < 1.29 is 19.5 Å². The number of carbonyl (C=O) groups excluding carboxylic acids is 3. The lowest BCUT2D eigenvalue weighted by Gasteiger charge is -2.31. The monoisotopic (exact) mass is 459 g/mol. The van der Waals surface area contributed by atoms with Crippen molar-refractivity contribution in [3.05, 3.63) is 102 Å². The highest BCUT2D eigenvalue weighted by Crippen LogP contribution is 2.16. The number of amides is 3. The fourth-order valence-electron chi connectivity index (χ4n) is 3.73. The van der Waals surface area contributed by atoms with Crippen molar-refractivity contribution in [1.82, 2.24) is 10.6 Å². The van der Waals surface area contributed by atoms with Gasteiger partial charge < -0.3 is 21.5 Å². The number of carbonyl (C=O) groups is 3. The normalized spacial score (nSPS) is 13.3. The molecular formula is C27H29N3O4. The lowest BCUT2D eigenvalue weighted by atomic mass is 9.90. The van der Waals surface area contributed by atoms with E-state index in [0.29, 0.717) is 5.56 Å². The molecule has 0 saturated carbocycles. The van der Waals surface area contributed by atoms with Crippen molar-refractivity contribution in [1.29, 1.82) is 0 Å². The van der Waals surface area contributed by atoms with Crippen LogP contribution >= 0.6 is 0 Å². The van der Waals surface area contributed by atoms with Gasteiger partial charge in [0.2, 0.25) is 17.7 Å². The summed E-state index contributed by atoms with van der Waals surface area (Å²) in [6.45, 7) is 1.63. The summed E-state index contributed by atoms with van der Waals surface area (Å²) in [6.07, 6.45) is 0.490. The molecule has 0 aliphatic carbocycles. The fourth-order valence-corrected chi connectivity index (χ4v) is 3.73. The Morgan fingerprint density at radius 3 is 1.97 bits per heavy atom. The predicted molar refractivity (Wildman–Crippen MR) is 130 cm³/mol. The Kier molecular flexibility index (Phi) is 8.03. The Morgan fingerprint density at radius 1 is 0.853 bits per heavy atom. The number of benzene rings is 3. The Morgan fingerprint density at radius 2 is 1.41 bits per heavy atom. The van der Waals surface area contributed by atoms with E-state index in [9.17, 15) is 19.5 Å². The summed E-state index contributed by atoms with van der Waals surface area (Å²) in [5.74, 6) is -1.42. The molecule has 7 heteroatoms. The molecule has 2 atom stereocenters. The second-order valence-electron chi connectivity index (χ2n) is 8.50. The predicted octanol–water partition coefficient (Wildman–Crippen LogP) is 2.27. The zero-order chi connectivity index (χ0) is 24.6. The first kappa shape index (κ1) is 24.5. The fraction of sp³-hybridized carbons (Fsp3) is 0.222. The molecule has 0 fully saturated rings. The van der Waals surface area contributed by atoms with Crippen LogP contribution in [0, 0.1) is 0 Å². The lowest BCUT2D eigenvalue weighted by molar-refractivity contribution is -0.134. The van der Waals surface area contributed by atoms with Crippen LogP contribution in [0.4, 0.5) is 0 Å². The molecule has 1 unspecified atom stereocenters. The molecule has 0 radical (unpaired) electrons. The molecule has 3 aromatic carbocycles. The summed E-state index contributed by atoms with van der Waals surface area (Å²) >= 11 is 0. The maximum Gasteiger partial charge on any atom is 0.246 e. The van der Waals surface area contributed by atoms with E-state index in [1.807, 2.05) is 60.7 Å². The highest BCUT2D eigenvalue weighted by Gasteiger charge is 2.37. The van der Waals surface area contributed by atoms with E-state index in [0.717, 1.165) is 11.1 Å². The molecule has 0 aliphatic rings. The van der Waals surface area contributed by atoms with Crippen LogP contribution in [0.25, 0.3) is 0 Å². The van der Waals surface area contributed by atoms with Crippen molar-refractivity contribution in [3.63, 3.8) is 0 Å². The van der Waals surface area contributed by atoms with Gasteiger partial charge in [-0.25, -0.2) is 0 Å². The van der Waals surface area contributed by atoms with Crippen molar-refractivity contribution in [2.45, 2.75) is 37.8 Å². The molecule has 0 spiro atoms. The van der Waals surface area contributed by atoms with Gasteiger partial charge in [-0.05, 0) is 35.7 Å². The average molecular weight is 460 g/mol. The van der Waals surface area contributed by atoms with Gasteiger partial charge in [-0.15, -0.1) is 0 Å². The van der Waals surface area contributed by atoms with Gasteiger partial charge in [0.15, 0.2) is 0 Å². The number of hydrogen-bond acceptors (Lipinski definition) is 4. The van der Waals surface area contributed by atoms with E-state index in [1.165, 1.54) is 12.1 Å². The first-order valence-electron chi connectivity index (χ1n) is 11.0. The summed E-state index contributed by atoms with van der Waals surface area (Å²) in [5.41, 5.74) is 6.65. The summed E-state index contributed by atoms with van der Waals surface area (Å²) in [4.78, 5) is 38.4. The molecule has 7 nitrogen and oxygen atoms in total. The van der Waals surface area contributed by atoms with Crippen molar-refractivity contribution >= 4 is 17.7 Å². The van der Waals surface area contributed by atoms with Gasteiger partial charge in [0.05, 0.1) is 6.42 Å². The molecule has 3 aromatic rings. The Labute approximate surface area is 199 Å². The van der Waals surface area contributed by atoms with Crippen molar-refractivity contribution in [2.75, 3.05) is 0 Å². The second-order valence-corrected chi connectivity index (χ2v) is 8.50. The molecule has 0 saturated heterocycles. The van der Waals surface area contributed by atoms with Gasteiger partial charge in [0.25, 0.3) is 0 Å². The summed E-state index contributed by atoms with van der Waals surface area (Å²) < 4.78 is 0. The Balaban J connectivity index is 1.79. The number of phenols is 1. The molecule has 176 valence electrons. The van der Waals surface area contributed by atoms with Crippen LogP contribution < -0.4 is 16.4 Å². The lowest BCUT2D eigenvalue weighted by Crippen LogP contribution is -2.61. The zero-order valence-electron chi connectivity index (χ0n) is 19.0. The van der Waals surface area contributed by atoms with E-state index in [-0.39, 0.29) is 30.9 Å². The first-order chi connectivity index (χ1) is 16.2. The molecule has 3 rings (SSSR count). The maximum absolute atomic E-state index is 13.4. The number of nitrogens with one attached hydrogen (secondary N) is 2. The molecule has 3 amide bonds. The van der Waals surface area contributed by atoms with Gasteiger partial charge >= 0.3 is 0 Å². The second kappa shape index (κ2) is 11.1. The van der Waals surface area contributed by atoms with Crippen molar-refractivity contribution in [2.24, 2.45) is 5.73 Å². The number of phenolic OH excluding ortho intramolecular Hbond substituents is 1. The highest BCUT2D eigenvalue weighted by molar-refractivity contribution is 5.95. The van der Waals surface area contributed by atoms with E-state index >= 15 is 0 Å². The topological polar surface area (TPSA) is 122 Å². The number of aromatic hydroxyl groups is 1. The van der Waals surface area contributed by atoms with Crippen LogP contribution in [-0.2, 0) is 33.6 Å². The minimum Gasteiger partial charge on any atom is -0.508 e. The van der Waals surface area contributed by atoms with E-state index in [2.05, 4.69) is 10.6 Å². The molecule has 0 aliphatic heterocycles. The standard InChI is InChI=1S/C27H29N3O4/c1-27(18-21-10-6-3-7-11-21,30-24(32)17-20-12-14-22(31)15-13-20)26(34)29-23(25(28)33)16-19-8-4-2-5-9-19/h2-15,23,31H,16-18H2,1H3,(H2,28,33)(H,29,34)(H,30,32)/t23?,27-/m0/s1. The molecule has 0 bridgehead atoms. The van der Waals surface area contributed by atoms with Gasteiger partial charge in [-0.2, -0.15) is 0 Å². The van der Waals surface area contributed by atoms with Crippen LogP contribution in [0.3, 0.4) is 0 Å². The number of hydrogen-bond donors (Lipinski definition) is 4. The largest absolute Gasteiger partial charge is 0.508 e.